The van der Waals surface area contributed by atoms with Crippen molar-refractivity contribution in [3.8, 4) is 0 Å². The van der Waals surface area contributed by atoms with E-state index in [1.807, 2.05) is 0 Å². The molecule has 0 fully saturated rings. The summed E-state index contributed by atoms with van der Waals surface area (Å²) in [5.41, 5.74) is 0. The number of thiol groups is 1. The second kappa shape index (κ2) is 2.51. The minimum atomic E-state index is -4.25. The van der Waals surface area contributed by atoms with E-state index in [1.54, 1.807) is 0 Å². The lowest BCUT2D eigenvalue weighted by Gasteiger charge is -1.88. The van der Waals surface area contributed by atoms with Gasteiger partial charge in [-0.1, -0.05) is 0 Å². The lowest BCUT2D eigenvalue weighted by molar-refractivity contribution is 0.314. The molecule has 6 heteroatoms. The lowest BCUT2D eigenvalue weighted by Crippen LogP contribution is -2.00. The second-order valence-electron chi connectivity index (χ2n) is 0.675. The SMILES string of the molecule is O=S(=O)(O)OCS. The van der Waals surface area contributed by atoms with E-state index in [2.05, 4.69) is 16.8 Å². The fourth-order valence-electron chi connectivity index (χ4n) is 0.0666. The van der Waals surface area contributed by atoms with Crippen LogP contribution in [0.25, 0.3) is 0 Å². The molecule has 0 aromatic carbocycles. The highest BCUT2D eigenvalue weighted by Crippen LogP contribution is 1.85. The van der Waals surface area contributed by atoms with Gasteiger partial charge in [0, 0.05) is 0 Å². The van der Waals surface area contributed by atoms with E-state index in [0.717, 1.165) is 0 Å². The predicted octanol–water partition coefficient (Wildman–Crippen LogP) is -0.307. The molecule has 0 bridgehead atoms. The molecule has 0 radical (unpaired) electrons. The average molecular weight is 144 g/mol. The molecule has 0 saturated heterocycles. The Hall–Kier alpha value is 0.220. The van der Waals surface area contributed by atoms with Crippen molar-refractivity contribution in [1.29, 1.82) is 0 Å². The smallest absolute Gasteiger partial charge is 0.264 e. The van der Waals surface area contributed by atoms with E-state index >= 15 is 0 Å². The molecule has 0 aromatic heterocycles. The first-order valence-electron chi connectivity index (χ1n) is 1.29. The lowest BCUT2D eigenvalue weighted by atomic mass is 11.7. The summed E-state index contributed by atoms with van der Waals surface area (Å²) in [4.78, 5) is 0. The normalized spacial score (nSPS) is 11.7. The van der Waals surface area contributed by atoms with Crippen LogP contribution >= 0.6 is 12.6 Å². The van der Waals surface area contributed by atoms with Gasteiger partial charge < -0.3 is 0 Å². The summed E-state index contributed by atoms with van der Waals surface area (Å²) in [6.45, 7) is 0. The molecule has 44 valence electrons. The van der Waals surface area contributed by atoms with Crippen molar-refractivity contribution in [1.82, 2.24) is 0 Å². The molecular weight excluding hydrogens is 140 g/mol. The van der Waals surface area contributed by atoms with Gasteiger partial charge in [0.1, 0.15) is 5.94 Å². The van der Waals surface area contributed by atoms with E-state index in [0.29, 0.717) is 0 Å². The van der Waals surface area contributed by atoms with Crippen molar-refractivity contribution in [3.05, 3.63) is 0 Å². The highest BCUT2D eigenvalue weighted by Gasteiger charge is 1.98. The summed E-state index contributed by atoms with van der Waals surface area (Å²) in [6, 6.07) is 0. The summed E-state index contributed by atoms with van der Waals surface area (Å²) >= 11 is 3.35. The van der Waals surface area contributed by atoms with Crippen LogP contribution in [-0.4, -0.2) is 18.9 Å². The molecule has 0 aromatic rings. The molecule has 0 amide bonds. The molecule has 7 heavy (non-hydrogen) atoms. The van der Waals surface area contributed by atoms with E-state index < -0.39 is 10.4 Å². The Morgan fingerprint density at radius 3 is 2.14 bits per heavy atom. The molecule has 1 N–H and O–H groups in total. The fourth-order valence-corrected chi connectivity index (χ4v) is 0.599. The molecule has 0 atom stereocenters. The molecule has 4 nitrogen and oxygen atoms in total. The van der Waals surface area contributed by atoms with Gasteiger partial charge in [-0.2, -0.15) is 8.42 Å². The third-order valence-corrected chi connectivity index (χ3v) is 0.921. The van der Waals surface area contributed by atoms with Crippen molar-refractivity contribution >= 4 is 23.0 Å². The van der Waals surface area contributed by atoms with Crippen molar-refractivity contribution in [2.45, 2.75) is 0 Å². The van der Waals surface area contributed by atoms with E-state index in [9.17, 15) is 8.42 Å². The maximum atomic E-state index is 9.52. The Balaban J connectivity index is 3.60. The van der Waals surface area contributed by atoms with Crippen molar-refractivity contribution < 1.29 is 17.2 Å². The first kappa shape index (κ1) is 7.22. The van der Waals surface area contributed by atoms with Crippen LogP contribution in [0.15, 0.2) is 0 Å². The van der Waals surface area contributed by atoms with Gasteiger partial charge >= 0.3 is 10.4 Å². The maximum Gasteiger partial charge on any atom is 0.398 e. The standard InChI is InChI=1S/CH4O4S2/c2-7(3,4)5-1-6/h6H,1H2,(H,2,3,4). The minimum Gasteiger partial charge on any atom is -0.264 e. The van der Waals surface area contributed by atoms with Gasteiger partial charge in [0.05, 0.1) is 0 Å². The van der Waals surface area contributed by atoms with E-state index in [4.69, 9.17) is 4.55 Å². The predicted molar refractivity (Wildman–Crippen MR) is 26.5 cm³/mol. The number of hydrogen-bond donors (Lipinski definition) is 2. The molecule has 0 saturated carbocycles. The number of hydrogen-bond acceptors (Lipinski definition) is 4. The van der Waals surface area contributed by atoms with Gasteiger partial charge in [0.25, 0.3) is 0 Å². The van der Waals surface area contributed by atoms with Gasteiger partial charge in [-0.05, 0) is 0 Å². The Kier molecular flexibility index (Phi) is 2.59. The number of rotatable bonds is 2. The zero-order valence-corrected chi connectivity index (χ0v) is 4.95. The van der Waals surface area contributed by atoms with Crippen LogP contribution in [0.3, 0.4) is 0 Å². The quantitative estimate of drug-likeness (QED) is 0.317. The van der Waals surface area contributed by atoms with Gasteiger partial charge in [-0.3, -0.25) is 4.55 Å². The summed E-state index contributed by atoms with van der Waals surface area (Å²) < 4.78 is 30.4. The molecular formula is CH4O4S2. The van der Waals surface area contributed by atoms with Crippen molar-refractivity contribution in [2.75, 3.05) is 5.94 Å². The van der Waals surface area contributed by atoms with Crippen molar-refractivity contribution in [3.63, 3.8) is 0 Å². The van der Waals surface area contributed by atoms with Gasteiger partial charge in [-0.15, -0.1) is 12.6 Å². The van der Waals surface area contributed by atoms with E-state index in [1.165, 1.54) is 0 Å². The van der Waals surface area contributed by atoms with Crippen LogP contribution in [0.5, 0.6) is 0 Å². The zero-order valence-electron chi connectivity index (χ0n) is 3.23. The summed E-state index contributed by atoms with van der Waals surface area (Å²) in [5, 5.41) is 0. The zero-order chi connectivity index (χ0) is 5.91. The van der Waals surface area contributed by atoms with Gasteiger partial charge in [0.2, 0.25) is 0 Å². The van der Waals surface area contributed by atoms with Crippen LogP contribution in [0.1, 0.15) is 0 Å². The average Bonchev–Trinajstić information content (AvgIpc) is 1.30. The van der Waals surface area contributed by atoms with Gasteiger partial charge in [0.15, 0.2) is 0 Å². The Morgan fingerprint density at radius 2 is 2.14 bits per heavy atom. The highest BCUT2D eigenvalue weighted by molar-refractivity contribution is 7.83. The first-order valence-corrected chi connectivity index (χ1v) is 3.29. The van der Waals surface area contributed by atoms with Gasteiger partial charge in [-0.25, -0.2) is 4.18 Å². The van der Waals surface area contributed by atoms with E-state index in [-0.39, 0.29) is 5.94 Å². The summed E-state index contributed by atoms with van der Waals surface area (Å²) in [6.07, 6.45) is 0. The summed E-state index contributed by atoms with van der Waals surface area (Å²) in [7, 11) is -4.25. The molecule has 0 spiro atoms. The Labute approximate surface area is 46.8 Å². The first-order chi connectivity index (χ1) is 3.06. The Bertz CT molecular complexity index is 123. The molecule has 0 aliphatic heterocycles. The molecule has 0 rings (SSSR count). The third-order valence-electron chi connectivity index (χ3n) is 0.202. The minimum absolute atomic E-state index is 0.334. The van der Waals surface area contributed by atoms with Crippen LogP contribution < -0.4 is 0 Å². The Morgan fingerprint density at radius 1 is 1.71 bits per heavy atom. The molecule has 0 aliphatic rings. The van der Waals surface area contributed by atoms with Crippen LogP contribution in [0.2, 0.25) is 0 Å². The third kappa shape index (κ3) is 6.22. The fraction of sp³-hybridized carbons (Fsp3) is 1.00. The molecule has 0 aliphatic carbocycles. The van der Waals surface area contributed by atoms with Crippen LogP contribution in [-0.2, 0) is 14.6 Å². The van der Waals surface area contributed by atoms with Crippen LogP contribution in [0.4, 0.5) is 0 Å². The molecule has 0 heterocycles. The highest BCUT2D eigenvalue weighted by atomic mass is 32.3. The monoisotopic (exact) mass is 144 g/mol. The topological polar surface area (TPSA) is 63.6 Å². The summed E-state index contributed by atoms with van der Waals surface area (Å²) in [5.74, 6) is -0.334. The maximum absolute atomic E-state index is 9.52. The van der Waals surface area contributed by atoms with Crippen LogP contribution in [0, 0.1) is 0 Å². The second-order valence-corrected chi connectivity index (χ2v) is 2.02. The largest absolute Gasteiger partial charge is 0.398 e. The van der Waals surface area contributed by atoms with Crippen molar-refractivity contribution in [2.24, 2.45) is 0 Å². The molecule has 0 unspecified atom stereocenters.